The number of nitrogens with one attached hydrogen (secondary N) is 1. The van der Waals surface area contributed by atoms with Crippen LogP contribution in [0.5, 0.6) is 5.75 Å². The van der Waals surface area contributed by atoms with Crippen LogP contribution in [-0.4, -0.2) is 28.4 Å². The first-order chi connectivity index (χ1) is 11.7. The van der Waals surface area contributed by atoms with Crippen molar-refractivity contribution in [3.05, 3.63) is 53.3 Å². The molecule has 4 rings (SSSR count). The smallest absolute Gasteiger partial charge is 0.168 e. The Bertz CT molecular complexity index is 906. The van der Waals surface area contributed by atoms with Crippen molar-refractivity contribution < 1.29 is 4.74 Å². The molecule has 0 saturated heterocycles. The van der Waals surface area contributed by atoms with Crippen LogP contribution in [0.3, 0.4) is 0 Å². The molecular weight excluding hydrogens is 324 g/mol. The maximum absolute atomic E-state index is 6.24. The zero-order valence-corrected chi connectivity index (χ0v) is 14.2. The van der Waals surface area contributed by atoms with Crippen molar-refractivity contribution in [3.8, 4) is 22.8 Å². The second kappa shape index (κ2) is 5.83. The predicted octanol–water partition coefficient (Wildman–Crippen LogP) is 4.13. The van der Waals surface area contributed by atoms with Crippen LogP contribution in [0.2, 0.25) is 5.02 Å². The average molecular weight is 341 g/mol. The summed E-state index contributed by atoms with van der Waals surface area (Å²) in [7, 11) is 1.66. The maximum Gasteiger partial charge on any atom is 0.168 e. The Morgan fingerprint density at radius 3 is 2.92 bits per heavy atom. The summed E-state index contributed by atoms with van der Waals surface area (Å²) < 4.78 is 7.42. The number of hydrogen-bond donors (Lipinski definition) is 1. The third-order valence-electron chi connectivity index (χ3n) is 4.26. The van der Waals surface area contributed by atoms with E-state index in [2.05, 4.69) is 27.0 Å². The van der Waals surface area contributed by atoms with Gasteiger partial charge in [-0.05, 0) is 30.3 Å². The van der Waals surface area contributed by atoms with Crippen LogP contribution < -0.4 is 10.1 Å². The molecule has 0 fully saturated rings. The lowest BCUT2D eigenvalue weighted by Crippen LogP contribution is -2.09. The fraction of sp³-hybridized carbons (Fsp3) is 0.222. The SMILES string of the molecule is COc1cccc(-c2nnc3n2-c2cc(Cl)ccc2NC[C@H]3C)c1. The van der Waals surface area contributed by atoms with Gasteiger partial charge < -0.3 is 10.1 Å². The summed E-state index contributed by atoms with van der Waals surface area (Å²) in [5.41, 5.74) is 2.94. The van der Waals surface area contributed by atoms with E-state index in [0.717, 1.165) is 40.9 Å². The van der Waals surface area contributed by atoms with E-state index in [0.29, 0.717) is 5.02 Å². The lowest BCUT2D eigenvalue weighted by molar-refractivity contribution is 0.415. The van der Waals surface area contributed by atoms with Gasteiger partial charge in [0.1, 0.15) is 11.6 Å². The quantitative estimate of drug-likeness (QED) is 0.762. The molecule has 2 aromatic carbocycles. The fourth-order valence-corrected chi connectivity index (χ4v) is 3.16. The largest absolute Gasteiger partial charge is 0.497 e. The van der Waals surface area contributed by atoms with E-state index in [9.17, 15) is 0 Å². The number of halogens is 1. The Labute approximate surface area is 145 Å². The Morgan fingerprint density at radius 1 is 1.21 bits per heavy atom. The van der Waals surface area contributed by atoms with Crippen molar-refractivity contribution in [3.63, 3.8) is 0 Å². The third-order valence-corrected chi connectivity index (χ3v) is 4.49. The molecule has 0 saturated carbocycles. The van der Waals surface area contributed by atoms with Crippen LogP contribution in [0.1, 0.15) is 18.7 Å². The van der Waals surface area contributed by atoms with E-state index in [1.54, 1.807) is 7.11 Å². The molecule has 0 spiro atoms. The summed E-state index contributed by atoms with van der Waals surface area (Å²) >= 11 is 6.24. The van der Waals surface area contributed by atoms with E-state index in [1.807, 2.05) is 42.5 Å². The van der Waals surface area contributed by atoms with Gasteiger partial charge in [-0.25, -0.2) is 0 Å². The molecule has 0 radical (unpaired) electrons. The summed E-state index contributed by atoms with van der Waals surface area (Å²) in [6, 6.07) is 13.7. The van der Waals surface area contributed by atoms with E-state index < -0.39 is 0 Å². The molecule has 5 nitrogen and oxygen atoms in total. The summed E-state index contributed by atoms with van der Waals surface area (Å²) in [4.78, 5) is 0. The Balaban J connectivity index is 1.97. The molecule has 0 unspecified atom stereocenters. The zero-order chi connectivity index (χ0) is 16.7. The molecule has 1 aliphatic rings. The van der Waals surface area contributed by atoms with E-state index in [-0.39, 0.29) is 5.92 Å². The Morgan fingerprint density at radius 2 is 2.08 bits per heavy atom. The molecule has 122 valence electrons. The highest BCUT2D eigenvalue weighted by Crippen LogP contribution is 2.35. The van der Waals surface area contributed by atoms with Crippen LogP contribution in [-0.2, 0) is 0 Å². The van der Waals surface area contributed by atoms with Gasteiger partial charge in [0, 0.05) is 23.0 Å². The summed E-state index contributed by atoms with van der Waals surface area (Å²) in [5, 5.41) is 13.0. The molecule has 0 aliphatic carbocycles. The molecule has 0 amide bonds. The first kappa shape index (κ1) is 15.0. The lowest BCUT2D eigenvalue weighted by atomic mass is 10.1. The van der Waals surface area contributed by atoms with Crippen LogP contribution in [0, 0.1) is 0 Å². The zero-order valence-electron chi connectivity index (χ0n) is 13.5. The first-order valence-electron chi connectivity index (χ1n) is 7.81. The molecule has 1 aliphatic heterocycles. The molecule has 24 heavy (non-hydrogen) atoms. The number of methoxy groups -OCH3 is 1. The molecule has 6 heteroatoms. The Kier molecular flexibility index (Phi) is 3.65. The van der Waals surface area contributed by atoms with Gasteiger partial charge in [-0.3, -0.25) is 4.57 Å². The topological polar surface area (TPSA) is 52.0 Å². The highest BCUT2D eigenvalue weighted by Gasteiger charge is 2.25. The van der Waals surface area contributed by atoms with E-state index in [1.165, 1.54) is 0 Å². The molecule has 1 atom stereocenters. The van der Waals surface area contributed by atoms with Crippen molar-refractivity contribution >= 4 is 17.3 Å². The van der Waals surface area contributed by atoms with Crippen molar-refractivity contribution in [2.45, 2.75) is 12.8 Å². The monoisotopic (exact) mass is 340 g/mol. The van der Waals surface area contributed by atoms with Crippen molar-refractivity contribution in [1.29, 1.82) is 0 Å². The number of ether oxygens (including phenoxy) is 1. The number of hydrogen-bond acceptors (Lipinski definition) is 4. The van der Waals surface area contributed by atoms with Crippen LogP contribution >= 0.6 is 11.6 Å². The van der Waals surface area contributed by atoms with Gasteiger partial charge in [-0.1, -0.05) is 30.7 Å². The minimum atomic E-state index is 0.225. The van der Waals surface area contributed by atoms with Gasteiger partial charge >= 0.3 is 0 Å². The molecular formula is C18H17ClN4O. The molecule has 0 bridgehead atoms. The minimum absolute atomic E-state index is 0.225. The van der Waals surface area contributed by atoms with E-state index >= 15 is 0 Å². The lowest BCUT2D eigenvalue weighted by Gasteiger charge is -2.13. The van der Waals surface area contributed by atoms with Crippen LogP contribution in [0.4, 0.5) is 5.69 Å². The average Bonchev–Trinajstić information content (AvgIpc) is 3.00. The highest BCUT2D eigenvalue weighted by atomic mass is 35.5. The first-order valence-corrected chi connectivity index (χ1v) is 8.18. The standard InChI is InChI=1S/C18H17ClN4O/c1-11-10-20-15-7-6-13(19)9-16(15)23-17(11)21-22-18(23)12-4-3-5-14(8-12)24-2/h3-9,11,20H,10H2,1-2H3/t11-/m1/s1. The van der Waals surface area contributed by atoms with Crippen molar-refractivity contribution in [1.82, 2.24) is 14.8 Å². The number of aromatic nitrogens is 3. The molecule has 1 N–H and O–H groups in total. The maximum atomic E-state index is 6.24. The van der Waals surface area contributed by atoms with Crippen molar-refractivity contribution in [2.75, 3.05) is 19.0 Å². The summed E-state index contributed by atoms with van der Waals surface area (Å²) in [6.07, 6.45) is 0. The van der Waals surface area contributed by atoms with Gasteiger partial charge in [-0.2, -0.15) is 0 Å². The van der Waals surface area contributed by atoms with Gasteiger partial charge in [0.15, 0.2) is 5.82 Å². The minimum Gasteiger partial charge on any atom is -0.497 e. The van der Waals surface area contributed by atoms with E-state index in [4.69, 9.17) is 16.3 Å². The van der Waals surface area contributed by atoms with Crippen LogP contribution in [0.25, 0.3) is 17.1 Å². The number of rotatable bonds is 2. The predicted molar refractivity (Wildman–Crippen MR) is 95.3 cm³/mol. The fourth-order valence-electron chi connectivity index (χ4n) is 3.00. The second-order valence-corrected chi connectivity index (χ2v) is 6.33. The van der Waals surface area contributed by atoms with Gasteiger partial charge in [0.25, 0.3) is 0 Å². The number of nitrogens with zero attached hydrogens (tertiary/aromatic N) is 3. The summed E-state index contributed by atoms with van der Waals surface area (Å²) in [6.45, 7) is 2.93. The van der Waals surface area contributed by atoms with Gasteiger partial charge in [0.2, 0.25) is 0 Å². The molecule has 3 aromatic rings. The third kappa shape index (κ3) is 2.41. The number of benzene rings is 2. The highest BCUT2D eigenvalue weighted by molar-refractivity contribution is 6.30. The normalized spacial score (nSPS) is 15.9. The Hall–Kier alpha value is -2.53. The molecule has 2 heterocycles. The summed E-state index contributed by atoms with van der Waals surface area (Å²) in [5.74, 6) is 2.71. The number of fused-ring (bicyclic) bond motifs is 3. The molecule has 1 aromatic heterocycles. The van der Waals surface area contributed by atoms with Gasteiger partial charge in [-0.15, -0.1) is 10.2 Å². The second-order valence-electron chi connectivity index (χ2n) is 5.89. The van der Waals surface area contributed by atoms with Crippen molar-refractivity contribution in [2.24, 2.45) is 0 Å². The van der Waals surface area contributed by atoms with Crippen LogP contribution in [0.15, 0.2) is 42.5 Å². The number of anilines is 1. The van der Waals surface area contributed by atoms with Gasteiger partial charge in [0.05, 0.1) is 18.5 Å².